The third kappa shape index (κ3) is 4.56. The van der Waals surface area contributed by atoms with E-state index in [1.807, 2.05) is 0 Å². The Balaban J connectivity index is 1.72. The van der Waals surface area contributed by atoms with Gasteiger partial charge in [0.15, 0.2) is 0 Å². The van der Waals surface area contributed by atoms with Gasteiger partial charge in [0.2, 0.25) is 21.8 Å². The summed E-state index contributed by atoms with van der Waals surface area (Å²) in [7, 11) is -3.82. The summed E-state index contributed by atoms with van der Waals surface area (Å²) in [5.74, 6) is -0.497. The second-order valence-corrected chi connectivity index (χ2v) is 8.89. The van der Waals surface area contributed by atoms with Crippen molar-refractivity contribution in [1.82, 2.24) is 9.62 Å². The van der Waals surface area contributed by atoms with Crippen molar-refractivity contribution in [2.24, 2.45) is 0 Å². The molecule has 3 rings (SSSR count). The third-order valence-corrected chi connectivity index (χ3v) is 6.78. The number of carbonyl (C=O) groups is 2. The van der Waals surface area contributed by atoms with Gasteiger partial charge in [-0.25, -0.2) is 8.42 Å². The molecule has 0 unspecified atom stereocenters. The fraction of sp³-hybridized carbons (Fsp3) is 0.474. The standard InChI is InChI=1S/C19H25N3O4S/c1-14(23)20-16-9-11-17(12-10-16)27(25,26)22-13-5-8-18(22)19(24)21-15-6-3-2-4-7-15/h5,8-12,15,18H,2-4,6-7,13H2,1H3,(H,20,23)(H,21,24)/t18-/m1/s1. The van der Waals surface area contributed by atoms with Crippen LogP contribution in [-0.2, 0) is 19.6 Å². The van der Waals surface area contributed by atoms with E-state index >= 15 is 0 Å². The summed E-state index contributed by atoms with van der Waals surface area (Å²) in [6.45, 7) is 1.55. The van der Waals surface area contributed by atoms with Crippen molar-refractivity contribution in [3.8, 4) is 0 Å². The molecule has 0 saturated heterocycles. The zero-order valence-electron chi connectivity index (χ0n) is 15.3. The van der Waals surface area contributed by atoms with Gasteiger partial charge in [-0.15, -0.1) is 0 Å². The van der Waals surface area contributed by atoms with Gasteiger partial charge in [0.05, 0.1) is 4.90 Å². The number of hydrogen-bond acceptors (Lipinski definition) is 4. The summed E-state index contributed by atoms with van der Waals surface area (Å²) in [6, 6.07) is 5.25. The number of rotatable bonds is 5. The summed E-state index contributed by atoms with van der Waals surface area (Å²) >= 11 is 0. The van der Waals surface area contributed by atoms with Gasteiger partial charge in [-0.05, 0) is 37.1 Å². The topological polar surface area (TPSA) is 95.6 Å². The summed E-state index contributed by atoms with van der Waals surface area (Å²) < 4.78 is 27.2. The molecule has 0 aromatic heterocycles. The number of anilines is 1. The van der Waals surface area contributed by atoms with E-state index in [0.717, 1.165) is 25.7 Å². The fourth-order valence-corrected chi connectivity index (χ4v) is 5.05. The molecule has 1 heterocycles. The van der Waals surface area contributed by atoms with Gasteiger partial charge in [-0.1, -0.05) is 31.4 Å². The molecule has 1 aliphatic carbocycles. The van der Waals surface area contributed by atoms with Crippen LogP contribution in [0.4, 0.5) is 5.69 Å². The molecule has 2 amide bonds. The van der Waals surface area contributed by atoms with Crippen LogP contribution in [0.15, 0.2) is 41.3 Å². The normalized spacial score (nSPS) is 21.1. The van der Waals surface area contributed by atoms with Crippen molar-refractivity contribution in [2.75, 3.05) is 11.9 Å². The molecule has 1 aliphatic heterocycles. The Labute approximate surface area is 159 Å². The van der Waals surface area contributed by atoms with Crippen LogP contribution >= 0.6 is 0 Å². The SMILES string of the molecule is CC(=O)Nc1ccc(S(=O)(=O)N2CC=C[C@@H]2C(=O)NC2CCCCC2)cc1. The molecule has 7 nitrogen and oxygen atoms in total. The Hall–Kier alpha value is -2.19. The predicted molar refractivity (Wildman–Crippen MR) is 103 cm³/mol. The first-order valence-electron chi connectivity index (χ1n) is 9.24. The lowest BCUT2D eigenvalue weighted by molar-refractivity contribution is -0.124. The highest BCUT2D eigenvalue weighted by molar-refractivity contribution is 7.89. The van der Waals surface area contributed by atoms with Crippen LogP contribution in [0.5, 0.6) is 0 Å². The summed E-state index contributed by atoms with van der Waals surface area (Å²) in [5.41, 5.74) is 0.521. The minimum atomic E-state index is -3.82. The molecular formula is C19H25N3O4S. The monoisotopic (exact) mass is 391 g/mol. The number of carbonyl (C=O) groups excluding carboxylic acids is 2. The van der Waals surface area contributed by atoms with E-state index in [0.29, 0.717) is 5.69 Å². The van der Waals surface area contributed by atoms with E-state index < -0.39 is 16.1 Å². The van der Waals surface area contributed by atoms with Gasteiger partial charge in [0.1, 0.15) is 6.04 Å². The van der Waals surface area contributed by atoms with Crippen molar-refractivity contribution in [2.45, 2.75) is 56.0 Å². The van der Waals surface area contributed by atoms with E-state index in [2.05, 4.69) is 10.6 Å². The fourth-order valence-electron chi connectivity index (χ4n) is 3.55. The van der Waals surface area contributed by atoms with Crippen molar-refractivity contribution < 1.29 is 18.0 Å². The Bertz CT molecular complexity index is 827. The van der Waals surface area contributed by atoms with Crippen LogP contribution in [-0.4, -0.2) is 43.2 Å². The minimum absolute atomic E-state index is 0.0933. The molecule has 2 N–H and O–H groups in total. The van der Waals surface area contributed by atoms with Crippen LogP contribution < -0.4 is 10.6 Å². The summed E-state index contributed by atoms with van der Waals surface area (Å²) in [6.07, 6.45) is 8.60. The number of hydrogen-bond donors (Lipinski definition) is 2. The Morgan fingerprint density at radius 2 is 1.74 bits per heavy atom. The molecule has 8 heteroatoms. The number of sulfonamides is 1. The van der Waals surface area contributed by atoms with Gasteiger partial charge in [0, 0.05) is 25.2 Å². The second kappa shape index (κ2) is 8.22. The molecule has 1 saturated carbocycles. The highest BCUT2D eigenvalue weighted by atomic mass is 32.2. The third-order valence-electron chi connectivity index (χ3n) is 4.92. The summed E-state index contributed by atoms with van der Waals surface area (Å²) in [4.78, 5) is 23.8. The first-order chi connectivity index (χ1) is 12.9. The van der Waals surface area contributed by atoms with Gasteiger partial charge in [0.25, 0.3) is 0 Å². The van der Waals surface area contributed by atoms with Crippen LogP contribution in [0.25, 0.3) is 0 Å². The highest BCUT2D eigenvalue weighted by Gasteiger charge is 2.37. The van der Waals surface area contributed by atoms with Gasteiger partial charge in [-0.3, -0.25) is 9.59 Å². The van der Waals surface area contributed by atoms with Crippen molar-refractivity contribution in [3.05, 3.63) is 36.4 Å². The Morgan fingerprint density at radius 1 is 1.07 bits per heavy atom. The molecule has 1 atom stereocenters. The van der Waals surface area contributed by atoms with Crippen molar-refractivity contribution in [1.29, 1.82) is 0 Å². The van der Waals surface area contributed by atoms with Crippen LogP contribution in [0.1, 0.15) is 39.0 Å². The van der Waals surface area contributed by atoms with Crippen LogP contribution in [0, 0.1) is 0 Å². The number of amides is 2. The average molecular weight is 391 g/mol. The smallest absolute Gasteiger partial charge is 0.244 e. The number of nitrogens with one attached hydrogen (secondary N) is 2. The lowest BCUT2D eigenvalue weighted by Gasteiger charge is -2.27. The Morgan fingerprint density at radius 3 is 2.37 bits per heavy atom. The molecule has 0 bridgehead atoms. The quantitative estimate of drug-likeness (QED) is 0.751. The van der Waals surface area contributed by atoms with Crippen LogP contribution in [0.2, 0.25) is 0 Å². The largest absolute Gasteiger partial charge is 0.352 e. The molecule has 27 heavy (non-hydrogen) atoms. The second-order valence-electron chi connectivity index (χ2n) is 7.00. The molecule has 1 fully saturated rings. The van der Waals surface area contributed by atoms with Crippen LogP contribution in [0.3, 0.4) is 0 Å². The maximum absolute atomic E-state index is 13.0. The molecule has 0 spiro atoms. The van der Waals surface area contributed by atoms with E-state index in [1.54, 1.807) is 12.2 Å². The first-order valence-corrected chi connectivity index (χ1v) is 10.7. The molecule has 1 aromatic carbocycles. The maximum Gasteiger partial charge on any atom is 0.244 e. The predicted octanol–water partition coefficient (Wildman–Crippen LogP) is 2.02. The number of benzene rings is 1. The molecule has 2 aliphatic rings. The van der Waals surface area contributed by atoms with Gasteiger partial charge < -0.3 is 10.6 Å². The van der Waals surface area contributed by atoms with Crippen molar-refractivity contribution in [3.63, 3.8) is 0 Å². The lowest BCUT2D eigenvalue weighted by Crippen LogP contribution is -2.49. The maximum atomic E-state index is 13.0. The molecule has 0 radical (unpaired) electrons. The number of nitrogens with zero attached hydrogens (tertiary/aromatic N) is 1. The van der Waals surface area contributed by atoms with Gasteiger partial charge >= 0.3 is 0 Å². The van der Waals surface area contributed by atoms with E-state index in [9.17, 15) is 18.0 Å². The first kappa shape index (κ1) is 19.6. The molecular weight excluding hydrogens is 366 g/mol. The molecule has 1 aromatic rings. The molecule has 146 valence electrons. The Kier molecular flexibility index (Phi) is 5.96. The lowest BCUT2D eigenvalue weighted by atomic mass is 9.95. The zero-order valence-corrected chi connectivity index (χ0v) is 16.2. The summed E-state index contributed by atoms with van der Waals surface area (Å²) in [5, 5.41) is 5.60. The van der Waals surface area contributed by atoms with E-state index in [-0.39, 0.29) is 29.3 Å². The average Bonchev–Trinajstić information content (AvgIpc) is 3.13. The van der Waals surface area contributed by atoms with Gasteiger partial charge in [-0.2, -0.15) is 4.31 Å². The minimum Gasteiger partial charge on any atom is -0.352 e. The van der Waals surface area contributed by atoms with Crippen molar-refractivity contribution >= 4 is 27.5 Å². The highest BCUT2D eigenvalue weighted by Crippen LogP contribution is 2.24. The zero-order chi connectivity index (χ0) is 19.4. The van der Waals surface area contributed by atoms with E-state index in [1.165, 1.54) is 41.9 Å². The van der Waals surface area contributed by atoms with E-state index in [4.69, 9.17) is 0 Å².